The Kier molecular flexibility index (Phi) is 5.32. The molecule has 31 heavy (non-hydrogen) atoms. The van der Waals surface area contributed by atoms with Gasteiger partial charge in [0.25, 0.3) is 10.0 Å². The molecular weight excluding hydrogens is 496 g/mol. The molecule has 0 aromatic heterocycles. The predicted octanol–water partition coefficient (Wildman–Crippen LogP) is 6.73. The van der Waals surface area contributed by atoms with Crippen molar-refractivity contribution in [1.29, 1.82) is 0 Å². The van der Waals surface area contributed by atoms with Crippen LogP contribution in [-0.2, 0) is 10.0 Å². The van der Waals surface area contributed by atoms with E-state index in [-0.39, 0.29) is 16.9 Å². The predicted molar refractivity (Wildman–Crippen MR) is 129 cm³/mol. The van der Waals surface area contributed by atoms with Crippen molar-refractivity contribution in [3.05, 3.63) is 99.5 Å². The lowest BCUT2D eigenvalue weighted by molar-refractivity contribution is 0.424. The van der Waals surface area contributed by atoms with E-state index < -0.39 is 10.0 Å². The maximum absolute atomic E-state index is 13.0. The van der Waals surface area contributed by atoms with Gasteiger partial charge < -0.3 is 5.32 Å². The van der Waals surface area contributed by atoms with Crippen LogP contribution in [0.5, 0.6) is 0 Å². The first-order valence-electron chi connectivity index (χ1n) is 10.0. The van der Waals surface area contributed by atoms with E-state index >= 15 is 0 Å². The fourth-order valence-electron chi connectivity index (χ4n) is 4.52. The molecule has 1 aliphatic heterocycles. The van der Waals surface area contributed by atoms with Crippen LogP contribution in [0.3, 0.4) is 0 Å². The number of hydrogen-bond acceptors (Lipinski definition) is 3. The lowest BCUT2D eigenvalue weighted by atomic mass is 9.77. The number of hydrogen-bond donors (Lipinski definition) is 2. The SMILES string of the molecule is O=S(=O)(Nc1ccccc1Cl)c1ccc2c(c1)[C@H]1C=CC[C@H]1[C@@H](c1ccccc1Br)N2. The van der Waals surface area contributed by atoms with Crippen molar-refractivity contribution in [2.24, 2.45) is 5.92 Å². The quantitative estimate of drug-likeness (QED) is 0.379. The van der Waals surface area contributed by atoms with Gasteiger partial charge in [0.2, 0.25) is 0 Å². The van der Waals surface area contributed by atoms with E-state index in [1.54, 1.807) is 36.4 Å². The summed E-state index contributed by atoms with van der Waals surface area (Å²) in [5.74, 6) is 0.476. The summed E-state index contributed by atoms with van der Waals surface area (Å²) in [5, 5.41) is 4.02. The molecule has 0 bridgehead atoms. The third-order valence-corrected chi connectivity index (χ3v) is 8.42. The number of rotatable bonds is 4. The molecule has 0 radical (unpaired) electrons. The Morgan fingerprint density at radius 3 is 2.58 bits per heavy atom. The fourth-order valence-corrected chi connectivity index (χ4v) is 6.41. The van der Waals surface area contributed by atoms with Crippen molar-refractivity contribution in [3.63, 3.8) is 0 Å². The average molecular weight is 516 g/mol. The molecule has 3 aromatic rings. The number of allylic oxidation sites excluding steroid dienone is 2. The second-order valence-electron chi connectivity index (χ2n) is 7.83. The molecule has 1 aliphatic carbocycles. The second-order valence-corrected chi connectivity index (χ2v) is 10.8. The highest BCUT2D eigenvalue weighted by molar-refractivity contribution is 9.10. The third kappa shape index (κ3) is 3.77. The molecule has 0 saturated heterocycles. The molecule has 2 aliphatic rings. The Bertz CT molecular complexity index is 1290. The van der Waals surface area contributed by atoms with Crippen LogP contribution in [0.1, 0.15) is 29.5 Å². The Morgan fingerprint density at radius 2 is 1.77 bits per heavy atom. The minimum atomic E-state index is -3.76. The molecule has 2 N–H and O–H groups in total. The topological polar surface area (TPSA) is 58.2 Å². The van der Waals surface area contributed by atoms with Gasteiger partial charge in [0.1, 0.15) is 0 Å². The molecule has 1 heterocycles. The summed E-state index contributed by atoms with van der Waals surface area (Å²) in [6.45, 7) is 0. The van der Waals surface area contributed by atoms with E-state index in [2.05, 4.69) is 50.3 Å². The largest absolute Gasteiger partial charge is 0.378 e. The van der Waals surface area contributed by atoms with Crippen LogP contribution in [0.2, 0.25) is 5.02 Å². The van der Waals surface area contributed by atoms with E-state index in [1.165, 1.54) is 5.56 Å². The van der Waals surface area contributed by atoms with Gasteiger partial charge in [-0.1, -0.05) is 70.0 Å². The van der Waals surface area contributed by atoms with Crippen LogP contribution in [0.25, 0.3) is 0 Å². The number of para-hydroxylation sites is 1. The zero-order valence-electron chi connectivity index (χ0n) is 16.4. The number of anilines is 2. The molecule has 158 valence electrons. The van der Waals surface area contributed by atoms with Crippen molar-refractivity contribution >= 4 is 48.9 Å². The standard InChI is InChI=1S/C24H20BrClN2O2S/c25-20-9-2-1-6-18(20)24-17-8-5-7-16(17)19-14-15(12-13-22(19)27-24)31(29,30)28-23-11-4-3-10-21(23)26/h1-7,9-14,16-17,24,27-28H,8H2/t16-,17+,24-/m0/s1. The molecule has 3 atom stereocenters. The molecule has 4 nitrogen and oxygen atoms in total. The van der Waals surface area contributed by atoms with Crippen LogP contribution in [0.4, 0.5) is 11.4 Å². The highest BCUT2D eigenvalue weighted by Crippen LogP contribution is 2.51. The average Bonchev–Trinajstić information content (AvgIpc) is 3.25. The van der Waals surface area contributed by atoms with Gasteiger partial charge in [0.15, 0.2) is 0 Å². The first kappa shape index (κ1) is 20.6. The van der Waals surface area contributed by atoms with Gasteiger partial charge in [-0.25, -0.2) is 8.42 Å². The highest BCUT2D eigenvalue weighted by atomic mass is 79.9. The minimum absolute atomic E-state index is 0.145. The number of nitrogens with one attached hydrogen (secondary N) is 2. The summed E-state index contributed by atoms with van der Waals surface area (Å²) in [6, 6.07) is 20.5. The smallest absolute Gasteiger partial charge is 0.261 e. The van der Waals surface area contributed by atoms with Crippen LogP contribution >= 0.6 is 27.5 Å². The third-order valence-electron chi connectivity index (χ3n) is 6.00. The Morgan fingerprint density at radius 1 is 1.00 bits per heavy atom. The van der Waals surface area contributed by atoms with Crippen LogP contribution < -0.4 is 10.0 Å². The van der Waals surface area contributed by atoms with E-state index in [4.69, 9.17) is 11.6 Å². The highest BCUT2D eigenvalue weighted by Gasteiger charge is 2.39. The number of sulfonamides is 1. The maximum atomic E-state index is 13.0. The van der Waals surface area contributed by atoms with Crippen LogP contribution in [0, 0.1) is 5.92 Å². The molecule has 3 aromatic carbocycles. The summed E-state index contributed by atoms with van der Waals surface area (Å²) in [4.78, 5) is 0.228. The van der Waals surface area contributed by atoms with Crippen molar-refractivity contribution in [3.8, 4) is 0 Å². The number of benzene rings is 3. The zero-order valence-corrected chi connectivity index (χ0v) is 19.6. The summed E-state index contributed by atoms with van der Waals surface area (Å²) in [5.41, 5.74) is 3.55. The first-order valence-corrected chi connectivity index (χ1v) is 12.7. The van der Waals surface area contributed by atoms with Crippen molar-refractivity contribution < 1.29 is 8.42 Å². The fraction of sp³-hybridized carbons (Fsp3) is 0.167. The molecule has 0 saturated carbocycles. The van der Waals surface area contributed by atoms with Gasteiger partial charge in [0.05, 0.1) is 21.6 Å². The van der Waals surface area contributed by atoms with Gasteiger partial charge in [-0.2, -0.15) is 0 Å². The number of fused-ring (bicyclic) bond motifs is 3. The normalized spacial score (nSPS) is 21.8. The molecule has 0 fully saturated rings. The maximum Gasteiger partial charge on any atom is 0.261 e. The second kappa shape index (κ2) is 8.01. The molecule has 7 heteroatoms. The van der Waals surface area contributed by atoms with E-state index in [0.29, 0.717) is 16.6 Å². The lowest BCUT2D eigenvalue weighted by Gasteiger charge is -2.38. The van der Waals surface area contributed by atoms with E-state index in [0.717, 1.165) is 22.1 Å². The molecule has 0 amide bonds. The molecule has 0 unspecified atom stereocenters. The summed E-state index contributed by atoms with van der Waals surface area (Å²) in [7, 11) is -3.76. The Labute approximate surface area is 195 Å². The Hall–Kier alpha value is -2.28. The van der Waals surface area contributed by atoms with Crippen molar-refractivity contribution in [2.75, 3.05) is 10.0 Å². The number of halogens is 2. The summed E-state index contributed by atoms with van der Waals surface area (Å²) >= 11 is 9.83. The summed E-state index contributed by atoms with van der Waals surface area (Å²) in [6.07, 6.45) is 5.34. The van der Waals surface area contributed by atoms with Crippen molar-refractivity contribution in [2.45, 2.75) is 23.3 Å². The summed E-state index contributed by atoms with van der Waals surface area (Å²) < 4.78 is 29.8. The molecular formula is C24H20BrClN2O2S. The first-order chi connectivity index (χ1) is 14.9. The van der Waals surface area contributed by atoms with Gasteiger partial charge in [-0.15, -0.1) is 0 Å². The molecule has 5 rings (SSSR count). The van der Waals surface area contributed by atoms with E-state index in [1.807, 2.05) is 18.2 Å². The van der Waals surface area contributed by atoms with Gasteiger partial charge >= 0.3 is 0 Å². The van der Waals surface area contributed by atoms with Crippen LogP contribution in [0.15, 0.2) is 88.3 Å². The monoisotopic (exact) mass is 514 g/mol. The Balaban J connectivity index is 1.52. The van der Waals surface area contributed by atoms with Crippen molar-refractivity contribution in [1.82, 2.24) is 0 Å². The minimum Gasteiger partial charge on any atom is -0.378 e. The lowest BCUT2D eigenvalue weighted by Crippen LogP contribution is -2.29. The van der Waals surface area contributed by atoms with Gasteiger partial charge in [-0.05, 0) is 59.9 Å². The van der Waals surface area contributed by atoms with Gasteiger partial charge in [0, 0.05) is 16.1 Å². The van der Waals surface area contributed by atoms with Gasteiger partial charge in [-0.3, -0.25) is 4.72 Å². The molecule has 0 spiro atoms. The van der Waals surface area contributed by atoms with Crippen LogP contribution in [-0.4, -0.2) is 8.42 Å². The van der Waals surface area contributed by atoms with E-state index in [9.17, 15) is 8.42 Å². The zero-order chi connectivity index (χ0) is 21.6.